The lowest BCUT2D eigenvalue weighted by Crippen LogP contribution is -2.39. The van der Waals surface area contributed by atoms with Gasteiger partial charge in [0.05, 0.1) is 8.07 Å². The Bertz CT molecular complexity index is 286. The Balaban J connectivity index is 3.19. The highest BCUT2D eigenvalue weighted by Gasteiger charge is 2.18. The monoisotopic (exact) mass is 182 g/mol. The molecule has 0 fully saturated rings. The zero-order chi connectivity index (χ0) is 9.35. The molecule has 0 aliphatic heterocycles. The Kier molecular flexibility index (Phi) is 2.38. The normalized spacial score (nSPS) is 11.8. The van der Waals surface area contributed by atoms with Crippen LogP contribution in [0.25, 0.3) is 0 Å². The Morgan fingerprint density at radius 3 is 2.17 bits per heavy atom. The quantitative estimate of drug-likeness (QED) is 0.586. The smallest absolute Gasteiger partial charge is 0.123 e. The standard InChI is InChI=1S/C10H15FSi/c1-8-7-9(11)5-6-10(8)12(2,3)4/h5-7H,1-4H3. The van der Waals surface area contributed by atoms with E-state index in [1.807, 2.05) is 13.0 Å². The van der Waals surface area contributed by atoms with Crippen LogP contribution in [0.1, 0.15) is 5.56 Å². The minimum Gasteiger partial charge on any atom is -0.207 e. The van der Waals surface area contributed by atoms with Gasteiger partial charge in [0.25, 0.3) is 0 Å². The van der Waals surface area contributed by atoms with Gasteiger partial charge in [0.1, 0.15) is 5.82 Å². The van der Waals surface area contributed by atoms with E-state index >= 15 is 0 Å². The summed E-state index contributed by atoms with van der Waals surface area (Å²) in [6, 6.07) is 5.10. The van der Waals surface area contributed by atoms with Crippen LogP contribution in [0.5, 0.6) is 0 Å². The first-order valence-corrected chi connectivity index (χ1v) is 7.68. The van der Waals surface area contributed by atoms with E-state index in [1.54, 1.807) is 12.1 Å². The van der Waals surface area contributed by atoms with Gasteiger partial charge in [-0.05, 0) is 24.6 Å². The van der Waals surface area contributed by atoms with E-state index in [-0.39, 0.29) is 5.82 Å². The number of rotatable bonds is 1. The van der Waals surface area contributed by atoms with Gasteiger partial charge >= 0.3 is 0 Å². The van der Waals surface area contributed by atoms with Crippen LogP contribution in [-0.2, 0) is 0 Å². The minimum absolute atomic E-state index is 0.130. The molecule has 0 bridgehead atoms. The topological polar surface area (TPSA) is 0 Å². The number of hydrogen-bond acceptors (Lipinski definition) is 0. The molecule has 66 valence electrons. The van der Waals surface area contributed by atoms with Gasteiger partial charge in [-0.15, -0.1) is 0 Å². The van der Waals surface area contributed by atoms with Crippen molar-refractivity contribution in [2.24, 2.45) is 0 Å². The molecule has 0 aromatic heterocycles. The summed E-state index contributed by atoms with van der Waals surface area (Å²) >= 11 is 0. The van der Waals surface area contributed by atoms with Crippen molar-refractivity contribution in [2.75, 3.05) is 0 Å². The van der Waals surface area contributed by atoms with Crippen molar-refractivity contribution in [3.63, 3.8) is 0 Å². The van der Waals surface area contributed by atoms with Gasteiger partial charge in [0, 0.05) is 0 Å². The molecule has 0 saturated heterocycles. The molecule has 12 heavy (non-hydrogen) atoms. The summed E-state index contributed by atoms with van der Waals surface area (Å²) in [6.07, 6.45) is 0. The predicted octanol–water partition coefficient (Wildman–Crippen LogP) is 2.68. The lowest BCUT2D eigenvalue weighted by Gasteiger charge is -2.19. The van der Waals surface area contributed by atoms with E-state index in [2.05, 4.69) is 19.6 Å². The second-order valence-corrected chi connectivity index (χ2v) is 9.25. The highest BCUT2D eigenvalue weighted by molar-refractivity contribution is 6.89. The van der Waals surface area contributed by atoms with E-state index in [9.17, 15) is 4.39 Å². The van der Waals surface area contributed by atoms with Crippen LogP contribution in [0, 0.1) is 12.7 Å². The van der Waals surface area contributed by atoms with E-state index in [4.69, 9.17) is 0 Å². The first-order chi connectivity index (χ1) is 5.41. The molecular formula is C10H15FSi. The predicted molar refractivity (Wildman–Crippen MR) is 54.1 cm³/mol. The van der Waals surface area contributed by atoms with Crippen LogP contribution in [0.15, 0.2) is 18.2 Å². The highest BCUT2D eigenvalue weighted by atomic mass is 28.3. The van der Waals surface area contributed by atoms with Crippen molar-refractivity contribution >= 4 is 13.3 Å². The summed E-state index contributed by atoms with van der Waals surface area (Å²) in [4.78, 5) is 0. The van der Waals surface area contributed by atoms with Gasteiger partial charge in [-0.3, -0.25) is 0 Å². The highest BCUT2D eigenvalue weighted by Crippen LogP contribution is 2.07. The van der Waals surface area contributed by atoms with E-state index in [0.29, 0.717) is 0 Å². The first kappa shape index (κ1) is 9.45. The van der Waals surface area contributed by atoms with E-state index in [1.165, 1.54) is 5.19 Å². The molecule has 1 rings (SSSR count). The summed E-state index contributed by atoms with van der Waals surface area (Å²) in [6.45, 7) is 8.80. The summed E-state index contributed by atoms with van der Waals surface area (Å²) in [5, 5.41) is 1.35. The SMILES string of the molecule is Cc1cc(F)ccc1[Si](C)(C)C. The molecule has 1 aromatic carbocycles. The molecule has 0 saturated carbocycles. The molecule has 2 heteroatoms. The summed E-state index contributed by atoms with van der Waals surface area (Å²) in [7, 11) is -1.27. The van der Waals surface area contributed by atoms with Gasteiger partial charge < -0.3 is 0 Å². The molecule has 0 radical (unpaired) electrons. The van der Waals surface area contributed by atoms with Gasteiger partial charge in [-0.1, -0.05) is 30.9 Å². The fourth-order valence-corrected chi connectivity index (χ4v) is 3.31. The largest absolute Gasteiger partial charge is 0.207 e. The maximum absolute atomic E-state index is 12.8. The Morgan fingerprint density at radius 2 is 1.75 bits per heavy atom. The van der Waals surface area contributed by atoms with Crippen molar-refractivity contribution in [3.8, 4) is 0 Å². The fraction of sp³-hybridized carbons (Fsp3) is 0.400. The third-order valence-corrected chi connectivity index (χ3v) is 4.17. The van der Waals surface area contributed by atoms with Crippen LogP contribution in [-0.4, -0.2) is 8.07 Å². The second kappa shape index (κ2) is 3.02. The number of hydrogen-bond donors (Lipinski definition) is 0. The van der Waals surface area contributed by atoms with Crippen molar-refractivity contribution in [1.29, 1.82) is 0 Å². The van der Waals surface area contributed by atoms with Crippen molar-refractivity contribution in [3.05, 3.63) is 29.6 Å². The molecule has 0 atom stereocenters. The zero-order valence-corrected chi connectivity index (χ0v) is 9.11. The average molecular weight is 182 g/mol. The third-order valence-electron chi connectivity index (χ3n) is 2.00. The first-order valence-electron chi connectivity index (χ1n) is 4.18. The van der Waals surface area contributed by atoms with Crippen molar-refractivity contribution in [2.45, 2.75) is 26.6 Å². The minimum atomic E-state index is -1.27. The second-order valence-electron chi connectivity index (χ2n) is 4.21. The van der Waals surface area contributed by atoms with Crippen LogP contribution < -0.4 is 5.19 Å². The molecule has 0 aliphatic rings. The maximum Gasteiger partial charge on any atom is 0.123 e. The molecule has 0 unspecified atom stereocenters. The van der Waals surface area contributed by atoms with Gasteiger partial charge in [0.15, 0.2) is 0 Å². The molecule has 0 heterocycles. The lowest BCUT2D eigenvalue weighted by atomic mass is 10.2. The van der Waals surface area contributed by atoms with E-state index in [0.717, 1.165) is 5.56 Å². The van der Waals surface area contributed by atoms with Crippen LogP contribution in [0.2, 0.25) is 19.6 Å². The Labute approximate surface area is 74.4 Å². The van der Waals surface area contributed by atoms with Crippen LogP contribution in [0.3, 0.4) is 0 Å². The van der Waals surface area contributed by atoms with Crippen molar-refractivity contribution in [1.82, 2.24) is 0 Å². The number of halogens is 1. The number of benzene rings is 1. The molecule has 0 nitrogen and oxygen atoms in total. The third kappa shape index (κ3) is 1.94. The van der Waals surface area contributed by atoms with Crippen LogP contribution >= 0.6 is 0 Å². The summed E-state index contributed by atoms with van der Waals surface area (Å²) in [5.74, 6) is -0.130. The van der Waals surface area contributed by atoms with Gasteiger partial charge in [-0.2, -0.15) is 0 Å². The average Bonchev–Trinajstić information content (AvgIpc) is 1.83. The lowest BCUT2D eigenvalue weighted by molar-refractivity contribution is 0.627. The molecule has 0 aliphatic carbocycles. The zero-order valence-electron chi connectivity index (χ0n) is 8.11. The van der Waals surface area contributed by atoms with Gasteiger partial charge in [0.2, 0.25) is 0 Å². The Hall–Kier alpha value is -0.633. The summed E-state index contributed by atoms with van der Waals surface area (Å²) in [5.41, 5.74) is 1.09. The van der Waals surface area contributed by atoms with Crippen LogP contribution in [0.4, 0.5) is 4.39 Å². The Morgan fingerprint density at radius 1 is 1.17 bits per heavy atom. The molecular weight excluding hydrogens is 167 g/mol. The molecule has 0 N–H and O–H groups in total. The summed E-state index contributed by atoms with van der Waals surface area (Å²) < 4.78 is 12.8. The molecule has 0 spiro atoms. The molecule has 1 aromatic rings. The fourth-order valence-electron chi connectivity index (χ4n) is 1.47. The van der Waals surface area contributed by atoms with Gasteiger partial charge in [-0.25, -0.2) is 4.39 Å². The van der Waals surface area contributed by atoms with E-state index < -0.39 is 8.07 Å². The van der Waals surface area contributed by atoms with Crippen molar-refractivity contribution < 1.29 is 4.39 Å². The maximum atomic E-state index is 12.8. The number of aryl methyl sites for hydroxylation is 1. The molecule has 0 amide bonds.